The van der Waals surface area contributed by atoms with Crippen LogP contribution in [0.3, 0.4) is 0 Å². The fourth-order valence-corrected chi connectivity index (χ4v) is 3.18. The van der Waals surface area contributed by atoms with Crippen LogP contribution in [0.15, 0.2) is 29.2 Å². The summed E-state index contributed by atoms with van der Waals surface area (Å²) in [6.07, 6.45) is 1.78. The molecule has 0 bridgehead atoms. The van der Waals surface area contributed by atoms with Crippen molar-refractivity contribution in [1.29, 1.82) is 5.26 Å². The molecule has 1 aromatic carbocycles. The van der Waals surface area contributed by atoms with Crippen molar-refractivity contribution in [2.45, 2.75) is 30.7 Å². The van der Waals surface area contributed by atoms with Crippen LogP contribution in [0.1, 0.15) is 18.4 Å². The van der Waals surface area contributed by atoms with Gasteiger partial charge in [-0.1, -0.05) is 17.7 Å². The van der Waals surface area contributed by atoms with E-state index >= 15 is 0 Å². The Morgan fingerprint density at radius 2 is 2.12 bits per heavy atom. The standard InChI is InChI=1S/C12H14N2OS/c1-10-4-6-12(7-5-10)16(15)14-8-2-3-11(14)9-13/h4-7,11H,2-3,8H2,1H3. The maximum atomic E-state index is 12.2. The monoisotopic (exact) mass is 234 g/mol. The summed E-state index contributed by atoms with van der Waals surface area (Å²) in [5, 5.41) is 8.95. The van der Waals surface area contributed by atoms with Gasteiger partial charge in [0, 0.05) is 6.54 Å². The van der Waals surface area contributed by atoms with E-state index in [0.717, 1.165) is 29.8 Å². The van der Waals surface area contributed by atoms with Gasteiger partial charge in [-0.15, -0.1) is 0 Å². The van der Waals surface area contributed by atoms with E-state index in [0.29, 0.717) is 0 Å². The van der Waals surface area contributed by atoms with Crippen molar-refractivity contribution in [3.05, 3.63) is 29.8 Å². The first-order valence-electron chi connectivity index (χ1n) is 5.37. The molecule has 3 nitrogen and oxygen atoms in total. The number of nitriles is 1. The molecule has 0 radical (unpaired) electrons. The number of nitrogens with zero attached hydrogens (tertiary/aromatic N) is 2. The summed E-state index contributed by atoms with van der Waals surface area (Å²) in [4.78, 5) is 0.785. The number of hydrogen-bond donors (Lipinski definition) is 0. The Bertz CT molecular complexity index is 435. The van der Waals surface area contributed by atoms with E-state index in [1.54, 1.807) is 4.31 Å². The first-order chi connectivity index (χ1) is 7.72. The Labute approximate surface area is 98.3 Å². The lowest BCUT2D eigenvalue weighted by molar-refractivity contribution is 0.479. The maximum Gasteiger partial charge on any atom is 0.128 e. The lowest BCUT2D eigenvalue weighted by Gasteiger charge is -2.17. The number of hydrogen-bond acceptors (Lipinski definition) is 2. The summed E-state index contributed by atoms with van der Waals surface area (Å²) < 4.78 is 14.0. The zero-order chi connectivity index (χ0) is 11.5. The van der Waals surface area contributed by atoms with E-state index in [-0.39, 0.29) is 6.04 Å². The summed E-state index contributed by atoms with van der Waals surface area (Å²) >= 11 is 0. The van der Waals surface area contributed by atoms with Crippen LogP contribution in [0.4, 0.5) is 0 Å². The highest BCUT2D eigenvalue weighted by Crippen LogP contribution is 2.22. The Hall–Kier alpha value is -1.18. The highest BCUT2D eigenvalue weighted by atomic mass is 32.2. The minimum absolute atomic E-state index is 0.192. The first kappa shape index (κ1) is 11.3. The quantitative estimate of drug-likeness (QED) is 0.785. The van der Waals surface area contributed by atoms with E-state index < -0.39 is 11.0 Å². The highest BCUT2D eigenvalue weighted by molar-refractivity contribution is 7.82. The minimum atomic E-state index is -1.19. The van der Waals surface area contributed by atoms with Crippen LogP contribution in [0, 0.1) is 18.3 Å². The number of benzene rings is 1. The molecule has 0 N–H and O–H groups in total. The third-order valence-corrected chi connectivity index (χ3v) is 4.33. The molecule has 0 saturated carbocycles. The van der Waals surface area contributed by atoms with Crippen LogP contribution in [0.2, 0.25) is 0 Å². The summed E-state index contributed by atoms with van der Waals surface area (Å²) in [5.41, 5.74) is 1.15. The molecule has 2 atom stereocenters. The first-order valence-corrected chi connectivity index (χ1v) is 6.48. The highest BCUT2D eigenvalue weighted by Gasteiger charge is 2.29. The molecule has 1 heterocycles. The van der Waals surface area contributed by atoms with Crippen LogP contribution < -0.4 is 0 Å². The molecule has 1 saturated heterocycles. The van der Waals surface area contributed by atoms with Crippen LogP contribution in [0.5, 0.6) is 0 Å². The average molecular weight is 234 g/mol. The van der Waals surface area contributed by atoms with Crippen molar-refractivity contribution in [3.63, 3.8) is 0 Å². The maximum absolute atomic E-state index is 12.2. The molecule has 0 amide bonds. The van der Waals surface area contributed by atoms with Gasteiger partial charge in [0.1, 0.15) is 17.0 Å². The van der Waals surface area contributed by atoms with Crippen LogP contribution in [-0.2, 0) is 11.0 Å². The second-order valence-corrected chi connectivity index (χ2v) is 5.43. The van der Waals surface area contributed by atoms with E-state index in [4.69, 9.17) is 5.26 Å². The normalized spacial score (nSPS) is 22.9. The van der Waals surface area contributed by atoms with Crippen molar-refractivity contribution < 1.29 is 4.21 Å². The summed E-state index contributed by atoms with van der Waals surface area (Å²) in [6.45, 7) is 2.75. The second-order valence-electron chi connectivity index (χ2n) is 3.99. The van der Waals surface area contributed by atoms with Gasteiger partial charge >= 0.3 is 0 Å². The second kappa shape index (κ2) is 4.77. The largest absolute Gasteiger partial charge is 0.237 e. The molecular weight excluding hydrogens is 220 g/mol. The fourth-order valence-electron chi connectivity index (χ4n) is 1.86. The molecule has 1 aliphatic rings. The zero-order valence-corrected chi connectivity index (χ0v) is 10.0. The molecule has 0 aliphatic carbocycles. The molecular formula is C12H14N2OS. The molecule has 0 spiro atoms. The van der Waals surface area contributed by atoms with E-state index in [1.165, 1.54) is 0 Å². The van der Waals surface area contributed by atoms with Gasteiger partial charge in [-0.05, 0) is 31.9 Å². The molecule has 0 aromatic heterocycles. The molecule has 84 valence electrons. The van der Waals surface area contributed by atoms with Crippen molar-refractivity contribution in [3.8, 4) is 6.07 Å². The minimum Gasteiger partial charge on any atom is -0.237 e. The van der Waals surface area contributed by atoms with E-state index in [1.807, 2.05) is 31.2 Å². The van der Waals surface area contributed by atoms with E-state index in [9.17, 15) is 4.21 Å². The van der Waals surface area contributed by atoms with E-state index in [2.05, 4.69) is 6.07 Å². The fraction of sp³-hybridized carbons (Fsp3) is 0.417. The Morgan fingerprint density at radius 1 is 1.44 bits per heavy atom. The smallest absolute Gasteiger partial charge is 0.128 e. The van der Waals surface area contributed by atoms with Gasteiger partial charge in [0.05, 0.1) is 11.0 Å². The molecule has 16 heavy (non-hydrogen) atoms. The van der Waals surface area contributed by atoms with Crippen molar-refractivity contribution in [2.75, 3.05) is 6.54 Å². The van der Waals surface area contributed by atoms with Crippen molar-refractivity contribution in [1.82, 2.24) is 4.31 Å². The van der Waals surface area contributed by atoms with Gasteiger partial charge in [0.25, 0.3) is 0 Å². The third-order valence-electron chi connectivity index (χ3n) is 2.79. The predicted octanol–water partition coefficient (Wildman–Crippen LogP) is 2.01. The van der Waals surface area contributed by atoms with Gasteiger partial charge < -0.3 is 0 Å². The SMILES string of the molecule is Cc1ccc(S(=O)N2CCCC2C#N)cc1. The summed E-state index contributed by atoms with van der Waals surface area (Å²) in [7, 11) is -1.19. The molecule has 2 unspecified atom stereocenters. The van der Waals surface area contributed by atoms with Gasteiger partial charge in [0.15, 0.2) is 0 Å². The number of rotatable bonds is 2. The summed E-state index contributed by atoms with van der Waals surface area (Å²) in [6, 6.07) is 9.66. The Balaban J connectivity index is 2.19. The Morgan fingerprint density at radius 3 is 2.75 bits per heavy atom. The zero-order valence-electron chi connectivity index (χ0n) is 9.22. The molecule has 2 rings (SSSR count). The Kier molecular flexibility index (Phi) is 3.37. The molecule has 1 aromatic rings. The third kappa shape index (κ3) is 2.16. The molecule has 1 fully saturated rings. The van der Waals surface area contributed by atoms with Gasteiger partial charge in [-0.2, -0.15) is 5.26 Å². The number of aryl methyl sites for hydroxylation is 1. The molecule has 4 heteroatoms. The van der Waals surface area contributed by atoms with Crippen LogP contribution in [0.25, 0.3) is 0 Å². The lowest BCUT2D eigenvalue weighted by Crippen LogP contribution is -2.30. The van der Waals surface area contributed by atoms with Gasteiger partial charge in [0.2, 0.25) is 0 Å². The summed E-state index contributed by atoms with van der Waals surface area (Å²) in [5.74, 6) is 0. The van der Waals surface area contributed by atoms with Crippen LogP contribution >= 0.6 is 0 Å². The molecule has 1 aliphatic heterocycles. The predicted molar refractivity (Wildman–Crippen MR) is 62.9 cm³/mol. The van der Waals surface area contributed by atoms with Crippen LogP contribution in [-0.4, -0.2) is 21.1 Å². The van der Waals surface area contributed by atoms with Gasteiger partial charge in [-0.3, -0.25) is 0 Å². The van der Waals surface area contributed by atoms with Gasteiger partial charge in [-0.25, -0.2) is 8.51 Å². The lowest BCUT2D eigenvalue weighted by atomic mass is 10.2. The van der Waals surface area contributed by atoms with Crippen molar-refractivity contribution >= 4 is 11.0 Å². The topological polar surface area (TPSA) is 44.1 Å². The van der Waals surface area contributed by atoms with Crippen molar-refractivity contribution in [2.24, 2.45) is 0 Å². The average Bonchev–Trinajstić information content (AvgIpc) is 2.77.